The van der Waals surface area contributed by atoms with E-state index in [0.717, 1.165) is 24.7 Å². The molecule has 0 amide bonds. The van der Waals surface area contributed by atoms with Crippen LogP contribution in [-0.2, 0) is 11.1 Å². The summed E-state index contributed by atoms with van der Waals surface area (Å²) in [7, 11) is -0.783. The Morgan fingerprint density at radius 3 is 2.41 bits per heavy atom. The molecular weight excluding hydrogens is 211 g/mol. The smallest absolute Gasteiger partial charge is 0.423 e. The van der Waals surface area contributed by atoms with E-state index >= 15 is 0 Å². The van der Waals surface area contributed by atoms with E-state index in [4.69, 9.17) is 4.65 Å². The molecule has 1 aromatic rings. The lowest BCUT2D eigenvalue weighted by atomic mass is 9.79. The van der Waals surface area contributed by atoms with E-state index in [-0.39, 0.29) is 0 Å². The molecular formula is C14H23BO2. The highest BCUT2D eigenvalue weighted by molar-refractivity contribution is 6.59. The molecule has 0 saturated heterocycles. The van der Waals surface area contributed by atoms with Crippen molar-refractivity contribution in [2.75, 3.05) is 6.61 Å². The van der Waals surface area contributed by atoms with Crippen molar-refractivity contribution in [2.45, 2.75) is 40.0 Å². The molecule has 0 fully saturated rings. The number of rotatable bonds is 7. The largest absolute Gasteiger partial charge is 0.491 e. The average Bonchev–Trinajstić information content (AvgIpc) is 2.29. The molecule has 1 rings (SSSR count). The quantitative estimate of drug-likeness (QED) is 0.579. The van der Waals surface area contributed by atoms with Crippen LogP contribution in [0.1, 0.15) is 39.2 Å². The van der Waals surface area contributed by atoms with E-state index in [2.05, 4.69) is 32.9 Å². The van der Waals surface area contributed by atoms with Crippen LogP contribution in [0.15, 0.2) is 24.3 Å². The van der Waals surface area contributed by atoms with Gasteiger partial charge in [-0.25, -0.2) is 0 Å². The first kappa shape index (κ1) is 14.3. The lowest BCUT2D eigenvalue weighted by Crippen LogP contribution is -2.33. The van der Waals surface area contributed by atoms with Crippen LogP contribution in [0.5, 0.6) is 0 Å². The maximum absolute atomic E-state index is 9.80. The minimum Gasteiger partial charge on any atom is -0.423 e. The molecule has 0 heterocycles. The molecule has 3 heteroatoms. The topological polar surface area (TPSA) is 29.5 Å². The van der Waals surface area contributed by atoms with Crippen molar-refractivity contribution in [1.29, 1.82) is 0 Å². The minimum absolute atomic E-state index is 0.616. The van der Waals surface area contributed by atoms with Crippen molar-refractivity contribution in [1.82, 2.24) is 0 Å². The third-order valence-corrected chi connectivity index (χ3v) is 2.68. The number of unbranched alkanes of at least 4 members (excludes halogenated alkanes) is 1. The van der Waals surface area contributed by atoms with Gasteiger partial charge in [0.15, 0.2) is 0 Å². The number of hydrogen-bond acceptors (Lipinski definition) is 2. The van der Waals surface area contributed by atoms with E-state index in [0.29, 0.717) is 12.5 Å². The van der Waals surface area contributed by atoms with Crippen LogP contribution >= 0.6 is 0 Å². The van der Waals surface area contributed by atoms with Gasteiger partial charge in [0.2, 0.25) is 0 Å². The zero-order valence-corrected chi connectivity index (χ0v) is 11.1. The van der Waals surface area contributed by atoms with Gasteiger partial charge in [0.1, 0.15) is 0 Å². The SMILES string of the molecule is CCCCOB(O)c1ccc(CC(C)C)cc1. The molecule has 0 aliphatic carbocycles. The molecule has 2 nitrogen and oxygen atoms in total. The average molecular weight is 234 g/mol. The Bertz CT molecular complexity index is 309. The van der Waals surface area contributed by atoms with Gasteiger partial charge in [-0.05, 0) is 29.8 Å². The van der Waals surface area contributed by atoms with E-state index < -0.39 is 7.12 Å². The third-order valence-electron chi connectivity index (χ3n) is 2.68. The molecule has 0 bridgehead atoms. The van der Waals surface area contributed by atoms with Gasteiger partial charge >= 0.3 is 7.12 Å². The predicted molar refractivity (Wildman–Crippen MR) is 73.5 cm³/mol. The van der Waals surface area contributed by atoms with Gasteiger partial charge in [0.25, 0.3) is 0 Å². The fourth-order valence-corrected chi connectivity index (χ4v) is 1.73. The first-order valence-electron chi connectivity index (χ1n) is 6.52. The molecule has 0 spiro atoms. The summed E-state index contributed by atoms with van der Waals surface area (Å²) >= 11 is 0. The highest BCUT2D eigenvalue weighted by Gasteiger charge is 2.15. The molecule has 0 aliphatic rings. The summed E-state index contributed by atoms with van der Waals surface area (Å²) in [6.45, 7) is 7.13. The Kier molecular flexibility index (Phi) is 6.31. The molecule has 0 aliphatic heterocycles. The second-order valence-electron chi connectivity index (χ2n) is 4.92. The van der Waals surface area contributed by atoms with Gasteiger partial charge < -0.3 is 9.68 Å². The normalized spacial score (nSPS) is 10.9. The van der Waals surface area contributed by atoms with Crippen LogP contribution in [0.25, 0.3) is 0 Å². The van der Waals surface area contributed by atoms with Crippen molar-refractivity contribution in [2.24, 2.45) is 5.92 Å². The zero-order valence-electron chi connectivity index (χ0n) is 11.1. The summed E-state index contributed by atoms with van der Waals surface area (Å²) in [5, 5.41) is 9.80. The zero-order chi connectivity index (χ0) is 12.7. The van der Waals surface area contributed by atoms with Crippen LogP contribution in [0.3, 0.4) is 0 Å². The van der Waals surface area contributed by atoms with E-state index in [9.17, 15) is 5.02 Å². The fraction of sp³-hybridized carbons (Fsp3) is 0.571. The van der Waals surface area contributed by atoms with Crippen LogP contribution in [0.4, 0.5) is 0 Å². The standard InChI is InChI=1S/C14H23BO2/c1-4-5-10-17-15(16)14-8-6-13(7-9-14)11-12(2)3/h6-9,12,16H,4-5,10-11H2,1-3H3. The van der Waals surface area contributed by atoms with Crippen molar-refractivity contribution >= 4 is 12.6 Å². The number of benzene rings is 1. The second kappa shape index (κ2) is 7.52. The monoisotopic (exact) mass is 234 g/mol. The van der Waals surface area contributed by atoms with Gasteiger partial charge in [-0.15, -0.1) is 0 Å². The minimum atomic E-state index is -0.783. The van der Waals surface area contributed by atoms with Crippen LogP contribution in [0.2, 0.25) is 0 Å². The molecule has 1 N–H and O–H groups in total. The Morgan fingerprint density at radius 2 is 1.88 bits per heavy atom. The summed E-state index contributed by atoms with van der Waals surface area (Å²) in [6, 6.07) is 8.05. The van der Waals surface area contributed by atoms with Crippen molar-refractivity contribution in [3.05, 3.63) is 29.8 Å². The molecule has 0 atom stereocenters. The lowest BCUT2D eigenvalue weighted by molar-refractivity contribution is 0.264. The fourth-order valence-electron chi connectivity index (χ4n) is 1.73. The molecule has 17 heavy (non-hydrogen) atoms. The van der Waals surface area contributed by atoms with Crippen molar-refractivity contribution in [3.8, 4) is 0 Å². The maximum atomic E-state index is 9.80. The van der Waals surface area contributed by atoms with Crippen LogP contribution < -0.4 is 5.46 Å². The van der Waals surface area contributed by atoms with Crippen LogP contribution in [-0.4, -0.2) is 18.7 Å². The Balaban J connectivity index is 2.48. The molecule has 0 saturated carbocycles. The van der Waals surface area contributed by atoms with E-state index in [1.807, 2.05) is 12.1 Å². The predicted octanol–water partition coefficient (Wildman–Crippen LogP) is 2.39. The van der Waals surface area contributed by atoms with Gasteiger partial charge in [-0.3, -0.25) is 0 Å². The summed E-state index contributed by atoms with van der Waals surface area (Å²) in [5.41, 5.74) is 2.15. The van der Waals surface area contributed by atoms with Gasteiger partial charge in [-0.2, -0.15) is 0 Å². The Labute approximate surface area is 105 Å². The molecule has 0 unspecified atom stereocenters. The van der Waals surface area contributed by atoms with Gasteiger partial charge in [-0.1, -0.05) is 51.5 Å². The maximum Gasteiger partial charge on any atom is 0.491 e. The Hall–Kier alpha value is -0.795. The van der Waals surface area contributed by atoms with Crippen molar-refractivity contribution in [3.63, 3.8) is 0 Å². The van der Waals surface area contributed by atoms with Crippen LogP contribution in [0, 0.1) is 5.92 Å². The number of hydrogen-bond donors (Lipinski definition) is 1. The molecule has 94 valence electrons. The summed E-state index contributed by atoms with van der Waals surface area (Å²) in [5.74, 6) is 0.659. The molecule has 0 radical (unpaired) electrons. The first-order chi connectivity index (χ1) is 8.13. The highest BCUT2D eigenvalue weighted by atomic mass is 16.5. The van der Waals surface area contributed by atoms with Gasteiger partial charge in [0, 0.05) is 6.61 Å². The molecule has 0 aromatic heterocycles. The molecule has 1 aromatic carbocycles. The summed E-state index contributed by atoms with van der Waals surface area (Å²) in [4.78, 5) is 0. The van der Waals surface area contributed by atoms with Crippen molar-refractivity contribution < 1.29 is 9.68 Å². The first-order valence-corrected chi connectivity index (χ1v) is 6.52. The summed E-state index contributed by atoms with van der Waals surface area (Å²) < 4.78 is 5.34. The lowest BCUT2D eigenvalue weighted by Gasteiger charge is -2.09. The van der Waals surface area contributed by atoms with E-state index in [1.54, 1.807) is 0 Å². The highest BCUT2D eigenvalue weighted by Crippen LogP contribution is 2.06. The third kappa shape index (κ3) is 5.38. The summed E-state index contributed by atoms with van der Waals surface area (Å²) in [6.07, 6.45) is 3.15. The van der Waals surface area contributed by atoms with E-state index in [1.165, 1.54) is 5.56 Å². The van der Waals surface area contributed by atoms with Gasteiger partial charge in [0.05, 0.1) is 0 Å². The second-order valence-corrected chi connectivity index (χ2v) is 4.92. The Morgan fingerprint density at radius 1 is 1.24 bits per heavy atom.